The van der Waals surface area contributed by atoms with Crippen molar-refractivity contribution in [2.75, 3.05) is 47.4 Å². The Morgan fingerprint density at radius 1 is 1.17 bits per heavy atom. The van der Waals surface area contributed by atoms with Crippen LogP contribution in [0.25, 0.3) is 0 Å². The van der Waals surface area contributed by atoms with Gasteiger partial charge in [-0.1, -0.05) is 6.92 Å². The van der Waals surface area contributed by atoms with Crippen LogP contribution in [0.3, 0.4) is 0 Å². The molecule has 0 aromatic carbocycles. The van der Waals surface area contributed by atoms with E-state index >= 15 is 0 Å². The molecular weight excluding hydrogens is 150 g/mol. The molecule has 72 valence electrons. The maximum atomic E-state index is 2.41. The third-order valence-corrected chi connectivity index (χ3v) is 2.25. The van der Waals surface area contributed by atoms with Gasteiger partial charge in [-0.15, -0.1) is 0 Å². The zero-order valence-corrected chi connectivity index (χ0v) is 8.88. The smallest absolute Gasteiger partial charge is 0.0793 e. The molecule has 2 atom stereocenters. The average molecular weight is 172 g/mol. The van der Waals surface area contributed by atoms with E-state index in [1.54, 1.807) is 0 Å². The fourth-order valence-corrected chi connectivity index (χ4v) is 1.40. The zero-order chi connectivity index (χ0) is 9.19. The van der Waals surface area contributed by atoms with Gasteiger partial charge in [-0.25, -0.2) is 10.0 Å². The van der Waals surface area contributed by atoms with E-state index in [-0.39, 0.29) is 0 Å². The van der Waals surface area contributed by atoms with Crippen molar-refractivity contribution < 1.29 is 4.48 Å². The quantitative estimate of drug-likeness (QED) is 0.442. The summed E-state index contributed by atoms with van der Waals surface area (Å²) >= 11 is 0. The van der Waals surface area contributed by atoms with Crippen LogP contribution in [0.15, 0.2) is 0 Å². The molecule has 1 heterocycles. The molecule has 12 heavy (non-hydrogen) atoms. The monoisotopic (exact) mass is 172 g/mol. The van der Waals surface area contributed by atoms with Crippen molar-refractivity contribution in [3.63, 3.8) is 0 Å². The van der Waals surface area contributed by atoms with Gasteiger partial charge in [0.2, 0.25) is 0 Å². The molecule has 0 aromatic rings. The number of rotatable bonds is 5. The summed E-state index contributed by atoms with van der Waals surface area (Å²) < 4.78 is 1.08. The molecule has 1 aliphatic heterocycles. The van der Waals surface area contributed by atoms with E-state index in [1.807, 2.05) is 0 Å². The molecule has 1 aliphatic rings. The van der Waals surface area contributed by atoms with Gasteiger partial charge in [-0.3, -0.25) is 0 Å². The summed E-state index contributed by atoms with van der Waals surface area (Å²) in [6, 6.07) is 0. The lowest BCUT2D eigenvalue weighted by Gasteiger charge is -2.23. The Labute approximate surface area is 76.1 Å². The van der Waals surface area contributed by atoms with Crippen LogP contribution in [-0.4, -0.2) is 61.9 Å². The van der Waals surface area contributed by atoms with Crippen LogP contribution in [0.2, 0.25) is 0 Å². The van der Waals surface area contributed by atoms with Gasteiger partial charge < -0.3 is 4.48 Å². The third kappa shape index (κ3) is 3.52. The molecule has 0 aliphatic carbocycles. The molecule has 0 bridgehead atoms. The third-order valence-electron chi connectivity index (χ3n) is 2.25. The molecule has 0 radical (unpaired) electrons. The van der Waals surface area contributed by atoms with Crippen LogP contribution < -0.4 is 0 Å². The number of hydrogen-bond donors (Lipinski definition) is 0. The van der Waals surface area contributed by atoms with Crippen molar-refractivity contribution in [1.82, 2.24) is 10.0 Å². The van der Waals surface area contributed by atoms with Crippen LogP contribution in [0, 0.1) is 0 Å². The van der Waals surface area contributed by atoms with Crippen LogP contribution >= 0.6 is 0 Å². The standard InChI is InChI=1S/C9H22N3/c1-5-10-9-11(10)7-6-8-12(2,3)4/h5-9H2,1-4H3/q+1. The zero-order valence-electron chi connectivity index (χ0n) is 8.88. The summed E-state index contributed by atoms with van der Waals surface area (Å²) in [5, 5.41) is 4.78. The Hall–Kier alpha value is -0.120. The highest BCUT2D eigenvalue weighted by Crippen LogP contribution is 2.14. The van der Waals surface area contributed by atoms with E-state index in [2.05, 4.69) is 38.1 Å². The summed E-state index contributed by atoms with van der Waals surface area (Å²) in [4.78, 5) is 0. The predicted molar refractivity (Wildman–Crippen MR) is 51.5 cm³/mol. The van der Waals surface area contributed by atoms with Crippen molar-refractivity contribution in [2.45, 2.75) is 13.3 Å². The van der Waals surface area contributed by atoms with E-state index in [0.29, 0.717) is 0 Å². The lowest BCUT2D eigenvalue weighted by Crippen LogP contribution is -2.36. The molecule has 1 fully saturated rings. The number of nitrogens with zero attached hydrogens (tertiary/aromatic N) is 3. The number of hydrogen-bond acceptors (Lipinski definition) is 2. The molecule has 0 N–H and O–H groups in total. The molecule has 0 spiro atoms. The van der Waals surface area contributed by atoms with Gasteiger partial charge >= 0.3 is 0 Å². The molecule has 2 unspecified atom stereocenters. The Morgan fingerprint density at radius 3 is 2.25 bits per heavy atom. The van der Waals surface area contributed by atoms with Crippen molar-refractivity contribution in [3.05, 3.63) is 0 Å². The topological polar surface area (TPSA) is 6.02 Å². The molecule has 3 nitrogen and oxygen atoms in total. The fraction of sp³-hybridized carbons (Fsp3) is 1.00. The Balaban J connectivity index is 1.98. The number of hydrazine groups is 1. The summed E-state index contributed by atoms with van der Waals surface area (Å²) in [6.07, 6.45) is 1.31. The van der Waals surface area contributed by atoms with Crippen molar-refractivity contribution in [1.29, 1.82) is 0 Å². The molecule has 0 amide bonds. The van der Waals surface area contributed by atoms with Gasteiger partial charge in [0, 0.05) is 19.5 Å². The van der Waals surface area contributed by atoms with E-state index < -0.39 is 0 Å². The summed E-state index contributed by atoms with van der Waals surface area (Å²) in [6.45, 7) is 7.08. The molecule has 0 saturated carbocycles. The lowest BCUT2D eigenvalue weighted by atomic mass is 10.4. The van der Waals surface area contributed by atoms with Gasteiger partial charge in [-0.2, -0.15) is 0 Å². The van der Waals surface area contributed by atoms with E-state index in [9.17, 15) is 0 Å². The van der Waals surface area contributed by atoms with E-state index in [0.717, 1.165) is 4.48 Å². The minimum absolute atomic E-state index is 1.08. The summed E-state index contributed by atoms with van der Waals surface area (Å²) in [7, 11) is 6.75. The maximum Gasteiger partial charge on any atom is 0.0793 e. The van der Waals surface area contributed by atoms with E-state index in [1.165, 1.54) is 32.7 Å². The Kier molecular flexibility index (Phi) is 3.09. The second-order valence-corrected chi connectivity index (χ2v) is 4.56. The first-order valence-electron chi connectivity index (χ1n) is 4.83. The van der Waals surface area contributed by atoms with Gasteiger partial charge in [-0.05, 0) is 0 Å². The predicted octanol–water partition coefficient (Wildman–Crippen LogP) is 0.593. The minimum atomic E-state index is 1.08. The van der Waals surface area contributed by atoms with Crippen LogP contribution in [-0.2, 0) is 0 Å². The van der Waals surface area contributed by atoms with Crippen molar-refractivity contribution in [2.24, 2.45) is 0 Å². The minimum Gasteiger partial charge on any atom is -0.331 e. The van der Waals surface area contributed by atoms with E-state index in [4.69, 9.17) is 0 Å². The first kappa shape index (κ1) is 9.96. The lowest BCUT2D eigenvalue weighted by molar-refractivity contribution is -0.870. The van der Waals surface area contributed by atoms with Gasteiger partial charge in [0.25, 0.3) is 0 Å². The molecule has 3 heteroatoms. The first-order chi connectivity index (χ1) is 5.53. The number of quaternary nitrogens is 1. The van der Waals surface area contributed by atoms with Gasteiger partial charge in [0.15, 0.2) is 0 Å². The summed E-state index contributed by atoms with van der Waals surface area (Å²) in [5.74, 6) is 0. The average Bonchev–Trinajstić information content (AvgIpc) is 2.64. The first-order valence-corrected chi connectivity index (χ1v) is 4.83. The highest BCUT2D eigenvalue weighted by molar-refractivity contribution is 4.65. The van der Waals surface area contributed by atoms with Crippen molar-refractivity contribution >= 4 is 0 Å². The SMILES string of the molecule is CCN1CN1CCC[N+](C)(C)C. The molecule has 1 rings (SSSR count). The Morgan fingerprint density at radius 2 is 1.83 bits per heavy atom. The van der Waals surface area contributed by atoms with Crippen LogP contribution in [0.4, 0.5) is 0 Å². The summed E-state index contributed by atoms with van der Waals surface area (Å²) in [5.41, 5.74) is 0. The van der Waals surface area contributed by atoms with Gasteiger partial charge in [0.05, 0.1) is 34.4 Å². The van der Waals surface area contributed by atoms with Gasteiger partial charge in [0.1, 0.15) is 0 Å². The maximum absolute atomic E-state index is 2.41. The van der Waals surface area contributed by atoms with Crippen LogP contribution in [0.5, 0.6) is 0 Å². The largest absolute Gasteiger partial charge is 0.331 e. The van der Waals surface area contributed by atoms with Crippen molar-refractivity contribution in [3.8, 4) is 0 Å². The molecule has 0 aromatic heterocycles. The molecular formula is C9H22N3+. The second kappa shape index (κ2) is 3.73. The second-order valence-electron chi connectivity index (χ2n) is 4.56. The highest BCUT2D eigenvalue weighted by Gasteiger charge is 2.28. The fourth-order valence-electron chi connectivity index (χ4n) is 1.40. The van der Waals surface area contributed by atoms with Crippen LogP contribution in [0.1, 0.15) is 13.3 Å². The normalized spacial score (nSPS) is 29.0. The Bertz CT molecular complexity index is 139. The highest BCUT2D eigenvalue weighted by atomic mass is 15.8. The molecule has 1 saturated heterocycles.